The lowest BCUT2D eigenvalue weighted by Gasteiger charge is -1.86. The van der Waals surface area contributed by atoms with E-state index in [0.717, 1.165) is 11.5 Å². The van der Waals surface area contributed by atoms with Crippen molar-refractivity contribution in [1.29, 1.82) is 0 Å². The van der Waals surface area contributed by atoms with Gasteiger partial charge in [-0.3, -0.25) is 4.79 Å². The van der Waals surface area contributed by atoms with Crippen molar-refractivity contribution in [2.24, 2.45) is 0 Å². The molecule has 0 spiro atoms. The van der Waals surface area contributed by atoms with E-state index in [-0.39, 0.29) is 5.78 Å². The van der Waals surface area contributed by atoms with Gasteiger partial charge in [-0.2, -0.15) is 11.8 Å². The highest BCUT2D eigenvalue weighted by Crippen LogP contribution is 1.97. The van der Waals surface area contributed by atoms with Crippen LogP contribution in [-0.4, -0.2) is 17.3 Å². The van der Waals surface area contributed by atoms with Crippen molar-refractivity contribution < 1.29 is 4.79 Å². The third-order valence-corrected chi connectivity index (χ3v) is 1.61. The van der Waals surface area contributed by atoms with Gasteiger partial charge < -0.3 is 0 Å². The first-order valence-corrected chi connectivity index (χ1v) is 4.17. The van der Waals surface area contributed by atoms with E-state index in [9.17, 15) is 4.79 Å². The molecule has 0 aliphatic carbocycles. The highest BCUT2D eigenvalue weighted by molar-refractivity contribution is 7.99. The number of thioether (sulfide) groups is 1. The summed E-state index contributed by atoms with van der Waals surface area (Å²) < 4.78 is 0. The van der Waals surface area contributed by atoms with Crippen LogP contribution in [0.25, 0.3) is 0 Å². The monoisotopic (exact) mass is 144 g/mol. The van der Waals surface area contributed by atoms with Crippen molar-refractivity contribution in [2.75, 3.05) is 11.5 Å². The van der Waals surface area contributed by atoms with Crippen LogP contribution in [0.2, 0.25) is 0 Å². The Bertz CT molecular complexity index is 107. The van der Waals surface area contributed by atoms with Crippen LogP contribution in [0.1, 0.15) is 13.8 Å². The molecule has 1 nitrogen and oxygen atoms in total. The van der Waals surface area contributed by atoms with E-state index in [0.29, 0.717) is 0 Å². The molecular formula is C7H12OS. The quantitative estimate of drug-likeness (QED) is 0.442. The maximum absolute atomic E-state index is 10.3. The molecule has 0 bridgehead atoms. The van der Waals surface area contributed by atoms with Gasteiger partial charge in [-0.15, -0.1) is 0 Å². The van der Waals surface area contributed by atoms with Gasteiger partial charge in [0.2, 0.25) is 0 Å². The summed E-state index contributed by atoms with van der Waals surface area (Å²) in [6.45, 7) is 3.67. The van der Waals surface area contributed by atoms with Crippen LogP contribution in [0, 0.1) is 0 Å². The van der Waals surface area contributed by atoms with E-state index in [1.807, 2.05) is 17.8 Å². The third kappa shape index (κ3) is 7.76. The SMILES string of the molecule is CCSC/C=C/C(C)=O. The first-order valence-electron chi connectivity index (χ1n) is 3.02. The predicted octanol–water partition coefficient (Wildman–Crippen LogP) is 1.88. The van der Waals surface area contributed by atoms with E-state index in [4.69, 9.17) is 0 Å². The van der Waals surface area contributed by atoms with E-state index < -0.39 is 0 Å². The molecule has 52 valence electrons. The molecule has 2 heteroatoms. The summed E-state index contributed by atoms with van der Waals surface area (Å²) in [5, 5.41) is 0. The minimum Gasteiger partial charge on any atom is -0.295 e. The summed E-state index contributed by atoms with van der Waals surface area (Å²) in [6.07, 6.45) is 3.51. The van der Waals surface area contributed by atoms with Crippen molar-refractivity contribution in [3.05, 3.63) is 12.2 Å². The van der Waals surface area contributed by atoms with Gasteiger partial charge in [0.1, 0.15) is 0 Å². The second-order valence-electron chi connectivity index (χ2n) is 1.67. The summed E-state index contributed by atoms with van der Waals surface area (Å²) in [6, 6.07) is 0. The Hall–Kier alpha value is -0.240. The molecule has 0 aromatic heterocycles. The summed E-state index contributed by atoms with van der Waals surface area (Å²) in [7, 11) is 0. The van der Waals surface area contributed by atoms with Gasteiger partial charge in [-0.05, 0) is 18.8 Å². The van der Waals surface area contributed by atoms with Gasteiger partial charge in [-0.25, -0.2) is 0 Å². The summed E-state index contributed by atoms with van der Waals surface area (Å²) in [5.41, 5.74) is 0. The van der Waals surface area contributed by atoms with E-state index in [1.165, 1.54) is 0 Å². The minimum atomic E-state index is 0.131. The second-order valence-corrected chi connectivity index (χ2v) is 2.99. The number of ketones is 1. The molecule has 9 heavy (non-hydrogen) atoms. The largest absolute Gasteiger partial charge is 0.295 e. The molecular weight excluding hydrogens is 132 g/mol. The Morgan fingerprint density at radius 3 is 2.78 bits per heavy atom. The fourth-order valence-electron chi connectivity index (χ4n) is 0.400. The van der Waals surface area contributed by atoms with Crippen LogP contribution in [-0.2, 0) is 4.79 Å². The van der Waals surface area contributed by atoms with Crippen LogP contribution in [0.5, 0.6) is 0 Å². The van der Waals surface area contributed by atoms with Crippen LogP contribution in [0.15, 0.2) is 12.2 Å². The van der Waals surface area contributed by atoms with Crippen LogP contribution < -0.4 is 0 Å². The van der Waals surface area contributed by atoms with E-state index in [1.54, 1.807) is 13.0 Å². The number of hydrogen-bond donors (Lipinski definition) is 0. The lowest BCUT2D eigenvalue weighted by molar-refractivity contribution is -0.112. The zero-order valence-electron chi connectivity index (χ0n) is 5.89. The lowest BCUT2D eigenvalue weighted by atomic mass is 10.4. The number of allylic oxidation sites excluding steroid dienone is 1. The molecule has 0 aromatic rings. The molecule has 0 N–H and O–H groups in total. The highest BCUT2D eigenvalue weighted by Gasteiger charge is 1.80. The molecule has 0 fully saturated rings. The number of hydrogen-bond acceptors (Lipinski definition) is 2. The smallest absolute Gasteiger partial charge is 0.152 e. The van der Waals surface area contributed by atoms with Crippen molar-refractivity contribution in [3.8, 4) is 0 Å². The zero-order valence-corrected chi connectivity index (χ0v) is 6.70. The third-order valence-electron chi connectivity index (χ3n) is 0.771. The Kier molecular flexibility index (Phi) is 5.73. The van der Waals surface area contributed by atoms with Gasteiger partial charge in [0, 0.05) is 5.75 Å². The topological polar surface area (TPSA) is 17.1 Å². The van der Waals surface area contributed by atoms with E-state index in [2.05, 4.69) is 6.92 Å². The maximum atomic E-state index is 10.3. The molecule has 0 rings (SSSR count). The second kappa shape index (κ2) is 5.89. The van der Waals surface area contributed by atoms with Crippen LogP contribution in [0.4, 0.5) is 0 Å². The zero-order chi connectivity index (χ0) is 7.11. The van der Waals surface area contributed by atoms with Gasteiger partial charge in [-0.1, -0.05) is 13.0 Å². The van der Waals surface area contributed by atoms with Crippen LogP contribution >= 0.6 is 11.8 Å². The van der Waals surface area contributed by atoms with E-state index >= 15 is 0 Å². The Labute approximate surface area is 60.5 Å². The molecule has 0 saturated heterocycles. The van der Waals surface area contributed by atoms with Crippen molar-refractivity contribution in [1.82, 2.24) is 0 Å². The first-order chi connectivity index (χ1) is 4.27. The maximum Gasteiger partial charge on any atom is 0.152 e. The minimum absolute atomic E-state index is 0.131. The number of rotatable bonds is 4. The van der Waals surface area contributed by atoms with Gasteiger partial charge in [0.15, 0.2) is 5.78 Å². The fourth-order valence-corrected chi connectivity index (χ4v) is 0.868. The van der Waals surface area contributed by atoms with Gasteiger partial charge in [0.25, 0.3) is 0 Å². The molecule has 0 unspecified atom stereocenters. The van der Waals surface area contributed by atoms with Crippen molar-refractivity contribution in [3.63, 3.8) is 0 Å². The number of carbonyl (C=O) groups is 1. The molecule has 0 saturated carbocycles. The highest BCUT2D eigenvalue weighted by atomic mass is 32.2. The summed E-state index contributed by atoms with van der Waals surface area (Å²) in [4.78, 5) is 10.3. The molecule has 0 radical (unpaired) electrons. The van der Waals surface area contributed by atoms with Crippen molar-refractivity contribution >= 4 is 17.5 Å². The van der Waals surface area contributed by atoms with Gasteiger partial charge in [0.05, 0.1) is 0 Å². The Balaban J connectivity index is 3.15. The molecule has 0 aliphatic heterocycles. The average Bonchev–Trinajstić information content (AvgIpc) is 1.80. The normalized spacial score (nSPS) is 10.4. The standard InChI is InChI=1S/C7H12OS/c1-3-9-6-4-5-7(2)8/h4-5H,3,6H2,1-2H3/b5-4+. The van der Waals surface area contributed by atoms with Crippen LogP contribution in [0.3, 0.4) is 0 Å². The number of carbonyl (C=O) groups excluding carboxylic acids is 1. The molecule has 0 atom stereocenters. The average molecular weight is 144 g/mol. The predicted molar refractivity (Wildman–Crippen MR) is 42.8 cm³/mol. The summed E-state index contributed by atoms with van der Waals surface area (Å²) >= 11 is 1.81. The first kappa shape index (κ1) is 8.76. The fraction of sp³-hybridized carbons (Fsp3) is 0.571. The Morgan fingerprint density at radius 2 is 2.33 bits per heavy atom. The Morgan fingerprint density at radius 1 is 1.67 bits per heavy atom. The molecule has 0 heterocycles. The van der Waals surface area contributed by atoms with Gasteiger partial charge >= 0.3 is 0 Å². The lowest BCUT2D eigenvalue weighted by Crippen LogP contribution is -1.80. The van der Waals surface area contributed by atoms with Crippen molar-refractivity contribution in [2.45, 2.75) is 13.8 Å². The molecule has 0 aliphatic rings. The molecule has 0 aromatic carbocycles. The summed E-state index contributed by atoms with van der Waals surface area (Å²) in [5.74, 6) is 2.20. The molecule has 0 amide bonds.